The van der Waals surface area contributed by atoms with Crippen molar-refractivity contribution in [2.45, 2.75) is 6.61 Å². The summed E-state index contributed by atoms with van der Waals surface area (Å²) in [5, 5.41) is 0. The number of ether oxygens (including phenoxy) is 1. The molecule has 0 radical (unpaired) electrons. The molecule has 2 aromatic rings. The molecule has 0 aliphatic rings. The molecule has 0 fully saturated rings. The molecule has 3 nitrogen and oxygen atoms in total. The van der Waals surface area contributed by atoms with Crippen molar-refractivity contribution < 1.29 is 4.74 Å². The van der Waals surface area contributed by atoms with Gasteiger partial charge in [-0.15, -0.1) is 0 Å². The van der Waals surface area contributed by atoms with E-state index in [0.717, 1.165) is 11.4 Å². The van der Waals surface area contributed by atoms with Crippen LogP contribution in [0.15, 0.2) is 48.9 Å². The fourth-order valence-electron chi connectivity index (χ4n) is 1.07. The summed E-state index contributed by atoms with van der Waals surface area (Å²) in [6, 6.07) is 9.46. The maximum atomic E-state index is 5.47. The number of pyridine rings is 2. The minimum Gasteiger partial charge on any atom is -0.486 e. The molecule has 0 bridgehead atoms. The summed E-state index contributed by atoms with van der Waals surface area (Å²) >= 11 is 0. The van der Waals surface area contributed by atoms with Crippen LogP contribution in [0.1, 0.15) is 5.69 Å². The Hall–Kier alpha value is -1.90. The second-order valence-corrected chi connectivity index (χ2v) is 2.80. The zero-order valence-corrected chi connectivity index (χ0v) is 7.63. The van der Waals surface area contributed by atoms with Gasteiger partial charge in [-0.05, 0) is 24.3 Å². The van der Waals surface area contributed by atoms with Crippen LogP contribution in [0.3, 0.4) is 0 Å². The minimum atomic E-state index is 0.479. The Balaban J connectivity index is 1.96. The van der Waals surface area contributed by atoms with Gasteiger partial charge in [0.25, 0.3) is 0 Å². The number of rotatable bonds is 3. The van der Waals surface area contributed by atoms with Crippen LogP contribution < -0.4 is 4.74 Å². The summed E-state index contributed by atoms with van der Waals surface area (Å²) in [6.07, 6.45) is 5.15. The maximum Gasteiger partial charge on any atom is 0.138 e. The predicted molar refractivity (Wildman–Crippen MR) is 52.8 cm³/mol. The summed E-state index contributed by atoms with van der Waals surface area (Å²) in [5.74, 6) is 0.762. The highest BCUT2D eigenvalue weighted by molar-refractivity contribution is 5.16. The third-order valence-corrected chi connectivity index (χ3v) is 1.75. The van der Waals surface area contributed by atoms with E-state index in [0.29, 0.717) is 6.61 Å². The van der Waals surface area contributed by atoms with E-state index < -0.39 is 0 Å². The number of aromatic nitrogens is 2. The van der Waals surface area contributed by atoms with Crippen LogP contribution in [0, 0.1) is 0 Å². The molecular weight excluding hydrogens is 176 g/mol. The lowest BCUT2D eigenvalue weighted by molar-refractivity contribution is 0.300. The van der Waals surface area contributed by atoms with E-state index >= 15 is 0 Å². The third-order valence-electron chi connectivity index (χ3n) is 1.75. The first-order chi connectivity index (χ1) is 6.95. The van der Waals surface area contributed by atoms with Crippen LogP contribution in [-0.4, -0.2) is 9.97 Å². The van der Waals surface area contributed by atoms with Crippen LogP contribution in [0.25, 0.3) is 0 Å². The predicted octanol–water partition coefficient (Wildman–Crippen LogP) is 2.06. The minimum absolute atomic E-state index is 0.479. The summed E-state index contributed by atoms with van der Waals surface area (Å²) in [7, 11) is 0. The van der Waals surface area contributed by atoms with Crippen LogP contribution in [0.4, 0.5) is 0 Å². The van der Waals surface area contributed by atoms with Gasteiger partial charge in [-0.1, -0.05) is 6.07 Å². The smallest absolute Gasteiger partial charge is 0.138 e. The first-order valence-electron chi connectivity index (χ1n) is 4.38. The van der Waals surface area contributed by atoms with Crippen molar-refractivity contribution in [3.63, 3.8) is 0 Å². The molecule has 0 N–H and O–H groups in total. The lowest BCUT2D eigenvalue weighted by Gasteiger charge is -2.03. The summed E-state index contributed by atoms with van der Waals surface area (Å²) in [6.45, 7) is 0.479. The fraction of sp³-hybridized carbons (Fsp3) is 0.0909. The van der Waals surface area contributed by atoms with Gasteiger partial charge in [0.05, 0.1) is 11.9 Å². The molecule has 2 heterocycles. The molecule has 2 aromatic heterocycles. The first kappa shape index (κ1) is 8.69. The van der Waals surface area contributed by atoms with Crippen LogP contribution in [0.2, 0.25) is 0 Å². The standard InChI is InChI=1S/C11H10N2O/c1-2-7-13-10(4-1)9-14-11-5-3-6-12-8-11/h1-8H,9H2. The summed E-state index contributed by atoms with van der Waals surface area (Å²) in [4.78, 5) is 8.10. The Morgan fingerprint density at radius 2 is 2.07 bits per heavy atom. The average molecular weight is 186 g/mol. The molecule has 14 heavy (non-hydrogen) atoms. The van der Waals surface area contributed by atoms with E-state index in [-0.39, 0.29) is 0 Å². The Morgan fingerprint density at radius 3 is 2.79 bits per heavy atom. The largest absolute Gasteiger partial charge is 0.486 e. The second kappa shape index (κ2) is 4.37. The summed E-state index contributed by atoms with van der Waals surface area (Å²) < 4.78 is 5.47. The van der Waals surface area contributed by atoms with Gasteiger partial charge in [0.2, 0.25) is 0 Å². The van der Waals surface area contributed by atoms with Gasteiger partial charge >= 0.3 is 0 Å². The van der Waals surface area contributed by atoms with E-state index in [1.165, 1.54) is 0 Å². The molecule has 0 saturated heterocycles. The van der Waals surface area contributed by atoms with Gasteiger partial charge < -0.3 is 4.74 Å². The van der Waals surface area contributed by atoms with E-state index in [9.17, 15) is 0 Å². The van der Waals surface area contributed by atoms with E-state index in [2.05, 4.69) is 9.97 Å². The fourth-order valence-corrected chi connectivity index (χ4v) is 1.07. The molecule has 0 atom stereocenters. The molecule has 0 aliphatic heterocycles. The highest BCUT2D eigenvalue weighted by Crippen LogP contribution is 2.08. The first-order valence-corrected chi connectivity index (χ1v) is 4.38. The molecule has 0 aliphatic carbocycles. The zero-order valence-electron chi connectivity index (χ0n) is 7.63. The Bertz CT molecular complexity index is 336. The van der Waals surface area contributed by atoms with Crippen LogP contribution >= 0.6 is 0 Å². The van der Waals surface area contributed by atoms with Gasteiger partial charge in [-0.25, -0.2) is 0 Å². The average Bonchev–Trinajstić information content (AvgIpc) is 2.29. The highest BCUT2D eigenvalue weighted by atomic mass is 16.5. The van der Waals surface area contributed by atoms with Gasteiger partial charge in [0, 0.05) is 12.4 Å². The monoisotopic (exact) mass is 186 g/mol. The molecule has 0 amide bonds. The summed E-state index contributed by atoms with van der Waals surface area (Å²) in [5.41, 5.74) is 0.913. The SMILES string of the molecule is c1ccc(COc2cccnc2)nc1. The second-order valence-electron chi connectivity index (χ2n) is 2.80. The Kier molecular flexibility index (Phi) is 2.71. The van der Waals surface area contributed by atoms with Crippen LogP contribution in [-0.2, 0) is 6.61 Å². The van der Waals surface area contributed by atoms with Gasteiger partial charge in [-0.3, -0.25) is 9.97 Å². The molecule has 0 saturated carbocycles. The molecule has 70 valence electrons. The maximum absolute atomic E-state index is 5.47. The van der Waals surface area contributed by atoms with Crippen molar-refractivity contribution in [3.8, 4) is 5.75 Å². The van der Waals surface area contributed by atoms with Crippen molar-refractivity contribution in [1.82, 2.24) is 9.97 Å². The molecular formula is C11H10N2O. The van der Waals surface area contributed by atoms with Crippen molar-refractivity contribution in [2.24, 2.45) is 0 Å². The number of hydrogen-bond donors (Lipinski definition) is 0. The van der Waals surface area contributed by atoms with Crippen molar-refractivity contribution in [2.75, 3.05) is 0 Å². The van der Waals surface area contributed by atoms with E-state index in [1.807, 2.05) is 30.3 Å². The van der Waals surface area contributed by atoms with Crippen LogP contribution in [0.5, 0.6) is 5.75 Å². The molecule has 3 heteroatoms. The number of nitrogens with zero attached hydrogens (tertiary/aromatic N) is 2. The van der Waals surface area contributed by atoms with Crippen molar-refractivity contribution >= 4 is 0 Å². The quantitative estimate of drug-likeness (QED) is 0.735. The lowest BCUT2D eigenvalue weighted by atomic mass is 10.4. The molecule has 0 aromatic carbocycles. The van der Waals surface area contributed by atoms with Gasteiger partial charge in [0.15, 0.2) is 0 Å². The van der Waals surface area contributed by atoms with Crippen molar-refractivity contribution in [1.29, 1.82) is 0 Å². The van der Waals surface area contributed by atoms with Gasteiger partial charge in [0.1, 0.15) is 12.4 Å². The zero-order chi connectivity index (χ0) is 9.64. The Morgan fingerprint density at radius 1 is 1.07 bits per heavy atom. The van der Waals surface area contributed by atoms with Crippen molar-refractivity contribution in [3.05, 3.63) is 54.6 Å². The Labute approximate surface area is 82.4 Å². The third kappa shape index (κ3) is 2.29. The van der Waals surface area contributed by atoms with E-state index in [4.69, 9.17) is 4.74 Å². The van der Waals surface area contributed by atoms with E-state index in [1.54, 1.807) is 18.6 Å². The number of hydrogen-bond acceptors (Lipinski definition) is 3. The van der Waals surface area contributed by atoms with Gasteiger partial charge in [-0.2, -0.15) is 0 Å². The lowest BCUT2D eigenvalue weighted by Crippen LogP contribution is -1.97. The molecule has 0 unspecified atom stereocenters. The topological polar surface area (TPSA) is 35.0 Å². The molecule has 2 rings (SSSR count). The highest BCUT2D eigenvalue weighted by Gasteiger charge is 1.94. The normalized spacial score (nSPS) is 9.71. The molecule has 0 spiro atoms.